The summed E-state index contributed by atoms with van der Waals surface area (Å²) in [5, 5.41) is 8.32. The lowest BCUT2D eigenvalue weighted by Gasteiger charge is -2.20. The summed E-state index contributed by atoms with van der Waals surface area (Å²) in [5.74, 6) is -1.11. The minimum Gasteiger partial charge on any atom is -0.328 e. The molecule has 1 rings (SSSR count). The van der Waals surface area contributed by atoms with Crippen LogP contribution in [0.15, 0.2) is 0 Å². The van der Waals surface area contributed by atoms with Gasteiger partial charge in [-0.3, -0.25) is 14.8 Å². The van der Waals surface area contributed by atoms with E-state index in [0.29, 0.717) is 0 Å². The maximum absolute atomic E-state index is 12.8. The van der Waals surface area contributed by atoms with Gasteiger partial charge in [0.15, 0.2) is 0 Å². The van der Waals surface area contributed by atoms with Crippen molar-refractivity contribution >= 4 is 11.8 Å². The van der Waals surface area contributed by atoms with Crippen LogP contribution in [0.3, 0.4) is 0 Å². The first-order chi connectivity index (χ1) is 6.06. The first-order valence-electron chi connectivity index (χ1n) is 3.91. The van der Waals surface area contributed by atoms with Crippen LogP contribution in [0, 0.1) is 0 Å². The largest absolute Gasteiger partial charge is 0.328 e. The van der Waals surface area contributed by atoms with Crippen LogP contribution in [0.5, 0.6) is 0 Å². The lowest BCUT2D eigenvalue weighted by Crippen LogP contribution is -2.44. The molecule has 0 spiro atoms. The normalized spacial score (nSPS) is 27.5. The van der Waals surface area contributed by atoms with Crippen molar-refractivity contribution < 1.29 is 19.2 Å². The molecule has 5 nitrogen and oxygen atoms in total. The van der Waals surface area contributed by atoms with Crippen molar-refractivity contribution in [1.82, 2.24) is 10.4 Å². The standard InChI is InChI=1S/C7H11FN2O3/c1-4(11)10-3-5(8)2-6(10)7(12)9-13/h5-6,13H,2-3H2,1H3,(H,9,12)/t5-,6+/m1/s1. The highest BCUT2D eigenvalue weighted by Crippen LogP contribution is 2.20. The number of amides is 2. The lowest BCUT2D eigenvalue weighted by atomic mass is 10.2. The van der Waals surface area contributed by atoms with Gasteiger partial charge in [0.1, 0.15) is 12.2 Å². The Morgan fingerprint density at radius 3 is 2.69 bits per heavy atom. The smallest absolute Gasteiger partial charge is 0.266 e. The van der Waals surface area contributed by atoms with Crippen molar-refractivity contribution in [2.75, 3.05) is 6.54 Å². The van der Waals surface area contributed by atoms with Gasteiger partial charge in [0.05, 0.1) is 6.54 Å². The number of alkyl halides is 1. The number of hydrogen-bond acceptors (Lipinski definition) is 3. The quantitative estimate of drug-likeness (QED) is 0.430. The summed E-state index contributed by atoms with van der Waals surface area (Å²) in [6, 6.07) is -0.877. The van der Waals surface area contributed by atoms with Gasteiger partial charge in [-0.2, -0.15) is 0 Å². The van der Waals surface area contributed by atoms with Crippen molar-refractivity contribution in [1.29, 1.82) is 0 Å². The van der Waals surface area contributed by atoms with Crippen LogP contribution >= 0.6 is 0 Å². The van der Waals surface area contributed by atoms with Gasteiger partial charge >= 0.3 is 0 Å². The Kier molecular flexibility index (Phi) is 2.82. The number of hydroxylamine groups is 1. The summed E-state index contributed by atoms with van der Waals surface area (Å²) in [4.78, 5) is 23.0. The average molecular weight is 190 g/mol. The van der Waals surface area contributed by atoms with Crippen LogP contribution < -0.4 is 5.48 Å². The Hall–Kier alpha value is -1.17. The maximum Gasteiger partial charge on any atom is 0.266 e. The number of carbonyl (C=O) groups is 2. The fraction of sp³-hybridized carbons (Fsp3) is 0.714. The summed E-state index contributed by atoms with van der Waals surface area (Å²) in [7, 11) is 0. The molecular weight excluding hydrogens is 179 g/mol. The lowest BCUT2D eigenvalue weighted by molar-refractivity contribution is -0.141. The molecule has 1 heterocycles. The molecule has 0 aromatic heterocycles. The van der Waals surface area contributed by atoms with Crippen LogP contribution in [-0.4, -0.2) is 40.7 Å². The van der Waals surface area contributed by atoms with E-state index in [1.807, 2.05) is 0 Å². The highest BCUT2D eigenvalue weighted by Gasteiger charge is 2.38. The zero-order chi connectivity index (χ0) is 10.0. The first-order valence-corrected chi connectivity index (χ1v) is 3.91. The van der Waals surface area contributed by atoms with Crippen molar-refractivity contribution in [3.63, 3.8) is 0 Å². The zero-order valence-corrected chi connectivity index (χ0v) is 7.16. The Balaban J connectivity index is 2.71. The maximum atomic E-state index is 12.8. The average Bonchev–Trinajstić information content (AvgIpc) is 2.46. The predicted molar refractivity (Wildman–Crippen MR) is 40.6 cm³/mol. The fourth-order valence-electron chi connectivity index (χ4n) is 1.46. The molecule has 2 N–H and O–H groups in total. The second-order valence-electron chi connectivity index (χ2n) is 3.00. The van der Waals surface area contributed by atoms with Crippen molar-refractivity contribution in [3.8, 4) is 0 Å². The summed E-state index contributed by atoms with van der Waals surface area (Å²) in [5.41, 5.74) is 1.41. The van der Waals surface area contributed by atoms with Crippen LogP contribution in [0.25, 0.3) is 0 Å². The molecule has 2 amide bonds. The molecule has 0 radical (unpaired) electrons. The van der Waals surface area contributed by atoms with E-state index in [1.54, 1.807) is 0 Å². The van der Waals surface area contributed by atoms with Crippen LogP contribution in [0.1, 0.15) is 13.3 Å². The summed E-state index contributed by atoms with van der Waals surface area (Å²) in [6.45, 7) is 1.18. The number of halogens is 1. The van der Waals surface area contributed by atoms with Crippen molar-refractivity contribution in [3.05, 3.63) is 0 Å². The second-order valence-corrected chi connectivity index (χ2v) is 3.00. The summed E-state index contributed by atoms with van der Waals surface area (Å²) in [6.07, 6.45) is -1.24. The van der Waals surface area contributed by atoms with E-state index in [9.17, 15) is 14.0 Å². The van der Waals surface area contributed by atoms with Gasteiger partial charge in [-0.1, -0.05) is 0 Å². The number of nitrogens with one attached hydrogen (secondary N) is 1. The summed E-state index contributed by atoms with van der Waals surface area (Å²) < 4.78 is 12.8. The molecule has 0 bridgehead atoms. The highest BCUT2D eigenvalue weighted by atomic mass is 19.1. The van der Waals surface area contributed by atoms with Gasteiger partial charge in [-0.15, -0.1) is 0 Å². The summed E-state index contributed by atoms with van der Waals surface area (Å²) >= 11 is 0. The highest BCUT2D eigenvalue weighted by molar-refractivity contribution is 5.86. The number of rotatable bonds is 1. The number of nitrogens with zero attached hydrogens (tertiary/aromatic N) is 1. The van der Waals surface area contributed by atoms with Crippen molar-refractivity contribution in [2.24, 2.45) is 0 Å². The topological polar surface area (TPSA) is 69.6 Å². The van der Waals surface area contributed by atoms with E-state index < -0.39 is 18.1 Å². The van der Waals surface area contributed by atoms with E-state index in [2.05, 4.69) is 0 Å². The van der Waals surface area contributed by atoms with Crippen LogP contribution in [-0.2, 0) is 9.59 Å². The van der Waals surface area contributed by atoms with Gasteiger partial charge in [0.2, 0.25) is 5.91 Å². The third kappa shape index (κ3) is 1.95. The van der Waals surface area contributed by atoms with Crippen molar-refractivity contribution in [2.45, 2.75) is 25.6 Å². The molecule has 0 aliphatic carbocycles. The molecule has 0 unspecified atom stereocenters. The second kappa shape index (κ2) is 3.69. The Morgan fingerprint density at radius 2 is 2.23 bits per heavy atom. The molecule has 2 atom stereocenters. The third-order valence-corrected chi connectivity index (χ3v) is 2.07. The SMILES string of the molecule is CC(=O)N1C[C@H](F)C[C@H]1C(=O)NO. The van der Waals surface area contributed by atoms with Gasteiger partial charge in [0, 0.05) is 13.3 Å². The van der Waals surface area contributed by atoms with E-state index in [1.165, 1.54) is 12.4 Å². The number of hydrogen-bond donors (Lipinski definition) is 2. The molecule has 0 aromatic rings. The van der Waals surface area contributed by atoms with E-state index in [4.69, 9.17) is 5.21 Å². The molecule has 1 aliphatic heterocycles. The monoisotopic (exact) mass is 190 g/mol. The Morgan fingerprint density at radius 1 is 1.62 bits per heavy atom. The van der Waals surface area contributed by atoms with E-state index in [0.717, 1.165) is 4.90 Å². The van der Waals surface area contributed by atoms with Gasteiger partial charge in [-0.05, 0) is 0 Å². The molecule has 74 valence electrons. The first kappa shape index (κ1) is 9.91. The van der Waals surface area contributed by atoms with Gasteiger partial charge < -0.3 is 4.90 Å². The predicted octanol–water partition coefficient (Wildman–Crippen LogP) is -0.549. The molecule has 1 aliphatic rings. The molecule has 0 aromatic carbocycles. The Bertz CT molecular complexity index is 234. The molecule has 1 saturated heterocycles. The van der Waals surface area contributed by atoms with Crippen LogP contribution in [0.4, 0.5) is 4.39 Å². The van der Waals surface area contributed by atoms with Gasteiger partial charge in [-0.25, -0.2) is 9.87 Å². The number of carbonyl (C=O) groups excluding carboxylic acids is 2. The van der Waals surface area contributed by atoms with E-state index in [-0.39, 0.29) is 18.9 Å². The minimum atomic E-state index is -1.19. The fourth-order valence-corrected chi connectivity index (χ4v) is 1.46. The minimum absolute atomic E-state index is 0.0496. The van der Waals surface area contributed by atoms with Crippen LogP contribution in [0.2, 0.25) is 0 Å². The molecule has 13 heavy (non-hydrogen) atoms. The molecule has 0 saturated carbocycles. The van der Waals surface area contributed by atoms with Gasteiger partial charge in [0.25, 0.3) is 5.91 Å². The molecule has 6 heteroatoms. The van der Waals surface area contributed by atoms with E-state index >= 15 is 0 Å². The third-order valence-electron chi connectivity index (χ3n) is 2.07. The molecule has 1 fully saturated rings. The molecular formula is C7H11FN2O3. The zero-order valence-electron chi connectivity index (χ0n) is 7.16. The Labute approximate surface area is 74.5 Å². The number of likely N-dealkylation sites (tertiary alicyclic amines) is 1.